The average Bonchev–Trinajstić information content (AvgIpc) is 2.40. The molecule has 1 aliphatic rings. The second kappa shape index (κ2) is 7.65. The summed E-state index contributed by atoms with van der Waals surface area (Å²) in [6.45, 7) is 5.47. The third-order valence-corrected chi connectivity index (χ3v) is 3.26. The number of aromatic nitrogens is 1. The maximum absolute atomic E-state index is 4.50. The lowest BCUT2D eigenvalue weighted by Gasteiger charge is -2.27. The number of hydrogen-bond acceptors (Lipinski definition) is 3. The van der Waals surface area contributed by atoms with Crippen molar-refractivity contribution in [2.75, 3.05) is 26.2 Å². The Labute approximate surface area is 126 Å². The highest BCUT2D eigenvalue weighted by Gasteiger charge is 2.10. The number of nitrogens with one attached hydrogen (secondary N) is 1. The fraction of sp³-hybridized carbons (Fsp3) is 0.357. The van der Waals surface area contributed by atoms with E-state index < -0.39 is 0 Å². The minimum absolute atomic E-state index is 0. The average molecular weight is 300 g/mol. The lowest BCUT2D eigenvalue weighted by Crippen LogP contribution is -2.42. The number of nitrogens with zero attached hydrogens (tertiary/aromatic N) is 2. The Morgan fingerprint density at radius 2 is 1.84 bits per heavy atom. The van der Waals surface area contributed by atoms with Crippen molar-refractivity contribution in [1.82, 2.24) is 15.2 Å². The molecule has 0 radical (unpaired) electrons. The van der Waals surface area contributed by atoms with Crippen LogP contribution in [-0.4, -0.2) is 36.1 Å². The fourth-order valence-electron chi connectivity index (χ4n) is 2.33. The summed E-state index contributed by atoms with van der Waals surface area (Å²) < 4.78 is 0. The van der Waals surface area contributed by atoms with Crippen LogP contribution in [0.15, 0.2) is 36.5 Å². The van der Waals surface area contributed by atoms with E-state index in [2.05, 4.69) is 39.5 Å². The molecular formula is C14H19Cl2N3. The Hall–Kier alpha value is -0.870. The highest BCUT2D eigenvalue weighted by molar-refractivity contribution is 5.85. The van der Waals surface area contributed by atoms with Gasteiger partial charge in [-0.05, 0) is 17.7 Å². The van der Waals surface area contributed by atoms with Gasteiger partial charge < -0.3 is 5.32 Å². The van der Waals surface area contributed by atoms with E-state index >= 15 is 0 Å². The first-order valence-corrected chi connectivity index (χ1v) is 6.18. The van der Waals surface area contributed by atoms with Gasteiger partial charge in [0.1, 0.15) is 0 Å². The van der Waals surface area contributed by atoms with Gasteiger partial charge in [-0.25, -0.2) is 0 Å². The van der Waals surface area contributed by atoms with E-state index in [0.29, 0.717) is 0 Å². The third kappa shape index (κ3) is 4.05. The first-order valence-electron chi connectivity index (χ1n) is 6.18. The van der Waals surface area contributed by atoms with Gasteiger partial charge >= 0.3 is 0 Å². The van der Waals surface area contributed by atoms with Crippen LogP contribution < -0.4 is 5.32 Å². The lowest BCUT2D eigenvalue weighted by atomic mass is 10.1. The minimum Gasteiger partial charge on any atom is -0.314 e. The molecule has 1 aliphatic heterocycles. The Balaban J connectivity index is 0.000000902. The van der Waals surface area contributed by atoms with Crippen molar-refractivity contribution < 1.29 is 0 Å². The van der Waals surface area contributed by atoms with Gasteiger partial charge in [-0.3, -0.25) is 9.88 Å². The van der Waals surface area contributed by atoms with Gasteiger partial charge in [-0.1, -0.05) is 18.2 Å². The molecule has 1 aromatic carbocycles. The fourth-order valence-corrected chi connectivity index (χ4v) is 2.33. The number of para-hydroxylation sites is 1. The smallest absolute Gasteiger partial charge is 0.0702 e. The summed E-state index contributed by atoms with van der Waals surface area (Å²) >= 11 is 0. The van der Waals surface area contributed by atoms with Gasteiger partial charge in [0.2, 0.25) is 0 Å². The first-order chi connectivity index (χ1) is 8.42. The van der Waals surface area contributed by atoms with Crippen molar-refractivity contribution in [1.29, 1.82) is 0 Å². The van der Waals surface area contributed by atoms with Gasteiger partial charge in [0.05, 0.1) is 5.52 Å². The summed E-state index contributed by atoms with van der Waals surface area (Å²) in [4.78, 5) is 6.98. The standard InChI is InChI=1S/C14H17N3.2ClH/c1-2-4-14-13(3-1)9-12(10-16-14)11-17-7-5-15-6-8-17;;/h1-4,9-10,15H,5-8,11H2;2*1H. The van der Waals surface area contributed by atoms with Crippen LogP contribution in [0.4, 0.5) is 0 Å². The van der Waals surface area contributed by atoms with Gasteiger partial charge in [0.15, 0.2) is 0 Å². The topological polar surface area (TPSA) is 28.2 Å². The number of piperazine rings is 1. The van der Waals surface area contributed by atoms with E-state index in [1.54, 1.807) is 0 Å². The Bertz CT molecular complexity index is 513. The van der Waals surface area contributed by atoms with Crippen LogP contribution in [0.3, 0.4) is 0 Å². The maximum atomic E-state index is 4.50. The van der Waals surface area contributed by atoms with Crippen molar-refractivity contribution in [2.45, 2.75) is 6.54 Å². The molecule has 104 valence electrons. The summed E-state index contributed by atoms with van der Waals surface area (Å²) in [7, 11) is 0. The van der Waals surface area contributed by atoms with Crippen LogP contribution >= 0.6 is 24.8 Å². The molecule has 5 heteroatoms. The number of halogens is 2. The van der Waals surface area contributed by atoms with E-state index in [1.807, 2.05) is 12.3 Å². The monoisotopic (exact) mass is 299 g/mol. The zero-order valence-electron chi connectivity index (χ0n) is 10.7. The number of rotatable bonds is 2. The van der Waals surface area contributed by atoms with Gasteiger partial charge in [0, 0.05) is 44.3 Å². The number of fused-ring (bicyclic) bond motifs is 1. The molecular weight excluding hydrogens is 281 g/mol. The molecule has 0 amide bonds. The van der Waals surface area contributed by atoms with Crippen LogP contribution in [0.5, 0.6) is 0 Å². The molecule has 1 saturated heterocycles. The molecule has 1 N–H and O–H groups in total. The second-order valence-corrected chi connectivity index (χ2v) is 4.56. The molecule has 2 heterocycles. The van der Waals surface area contributed by atoms with E-state index in [1.165, 1.54) is 10.9 Å². The minimum atomic E-state index is 0. The van der Waals surface area contributed by atoms with Crippen molar-refractivity contribution >= 4 is 35.7 Å². The summed E-state index contributed by atoms with van der Waals surface area (Å²) in [6, 6.07) is 10.5. The van der Waals surface area contributed by atoms with Gasteiger partial charge in [-0.2, -0.15) is 0 Å². The van der Waals surface area contributed by atoms with E-state index in [-0.39, 0.29) is 24.8 Å². The third-order valence-electron chi connectivity index (χ3n) is 3.26. The molecule has 3 rings (SSSR count). The van der Waals surface area contributed by atoms with E-state index in [0.717, 1.165) is 38.2 Å². The van der Waals surface area contributed by atoms with Gasteiger partial charge in [0.25, 0.3) is 0 Å². The molecule has 0 aliphatic carbocycles. The predicted molar refractivity (Wildman–Crippen MR) is 84.4 cm³/mol. The highest BCUT2D eigenvalue weighted by atomic mass is 35.5. The quantitative estimate of drug-likeness (QED) is 0.923. The highest BCUT2D eigenvalue weighted by Crippen LogP contribution is 2.14. The SMILES string of the molecule is Cl.Cl.c1ccc2ncc(CN3CCNCC3)cc2c1. The van der Waals surface area contributed by atoms with Crippen LogP contribution in [0.25, 0.3) is 10.9 Å². The molecule has 0 bridgehead atoms. The molecule has 0 spiro atoms. The number of hydrogen-bond donors (Lipinski definition) is 1. The molecule has 1 aromatic heterocycles. The molecule has 2 aromatic rings. The first kappa shape index (κ1) is 16.2. The van der Waals surface area contributed by atoms with Crippen LogP contribution in [0.2, 0.25) is 0 Å². The lowest BCUT2D eigenvalue weighted by molar-refractivity contribution is 0.233. The Morgan fingerprint density at radius 3 is 2.63 bits per heavy atom. The summed E-state index contributed by atoms with van der Waals surface area (Å²) in [5.74, 6) is 0. The molecule has 19 heavy (non-hydrogen) atoms. The van der Waals surface area contributed by atoms with E-state index in [4.69, 9.17) is 0 Å². The maximum Gasteiger partial charge on any atom is 0.0702 e. The Kier molecular flexibility index (Phi) is 6.52. The zero-order valence-corrected chi connectivity index (χ0v) is 12.3. The summed E-state index contributed by atoms with van der Waals surface area (Å²) in [5.41, 5.74) is 2.39. The van der Waals surface area contributed by atoms with Crippen molar-refractivity contribution in [3.63, 3.8) is 0 Å². The predicted octanol–water partition coefficient (Wildman–Crippen LogP) is 2.48. The molecule has 0 unspecified atom stereocenters. The second-order valence-electron chi connectivity index (χ2n) is 4.56. The van der Waals surface area contributed by atoms with Gasteiger partial charge in [-0.15, -0.1) is 24.8 Å². The molecule has 0 atom stereocenters. The number of pyridine rings is 1. The normalized spacial score (nSPS) is 15.6. The molecule has 3 nitrogen and oxygen atoms in total. The van der Waals surface area contributed by atoms with Crippen LogP contribution in [0, 0.1) is 0 Å². The zero-order chi connectivity index (χ0) is 11.5. The number of benzene rings is 1. The molecule has 1 fully saturated rings. The largest absolute Gasteiger partial charge is 0.314 e. The van der Waals surface area contributed by atoms with E-state index in [9.17, 15) is 0 Å². The Morgan fingerprint density at radius 1 is 1.11 bits per heavy atom. The van der Waals surface area contributed by atoms with Crippen molar-refractivity contribution in [3.8, 4) is 0 Å². The van der Waals surface area contributed by atoms with Crippen molar-refractivity contribution in [3.05, 3.63) is 42.1 Å². The summed E-state index contributed by atoms with van der Waals surface area (Å²) in [6.07, 6.45) is 2.00. The van der Waals surface area contributed by atoms with Crippen molar-refractivity contribution in [2.24, 2.45) is 0 Å². The van der Waals surface area contributed by atoms with Crippen LogP contribution in [-0.2, 0) is 6.54 Å². The molecule has 0 saturated carbocycles. The van der Waals surface area contributed by atoms with Crippen LogP contribution in [0.1, 0.15) is 5.56 Å². The summed E-state index contributed by atoms with van der Waals surface area (Å²) in [5, 5.41) is 4.61.